The lowest BCUT2D eigenvalue weighted by molar-refractivity contribution is -0.113. The lowest BCUT2D eigenvalue weighted by atomic mass is 10.2. The van der Waals surface area contributed by atoms with Gasteiger partial charge in [-0.1, -0.05) is 30.0 Å². The van der Waals surface area contributed by atoms with Gasteiger partial charge in [0.1, 0.15) is 5.75 Å². The number of aromatic nitrogens is 2. The van der Waals surface area contributed by atoms with E-state index in [4.69, 9.17) is 4.74 Å². The number of nitrogens with one attached hydrogen (secondary N) is 1. The Bertz CT molecular complexity index is 875. The van der Waals surface area contributed by atoms with Crippen molar-refractivity contribution in [3.05, 3.63) is 66.5 Å². The van der Waals surface area contributed by atoms with Gasteiger partial charge in [0, 0.05) is 18.1 Å². The van der Waals surface area contributed by atoms with Crippen LogP contribution in [-0.2, 0) is 4.79 Å². The molecule has 1 amide bonds. The second-order valence-corrected chi connectivity index (χ2v) is 6.60. The molecule has 26 heavy (non-hydrogen) atoms. The van der Waals surface area contributed by atoms with Crippen molar-refractivity contribution in [2.45, 2.75) is 19.0 Å². The number of benzene rings is 2. The Balaban J connectivity index is 1.60. The summed E-state index contributed by atoms with van der Waals surface area (Å²) in [5.74, 6) is 1.01. The molecule has 0 aliphatic rings. The van der Waals surface area contributed by atoms with Gasteiger partial charge in [0.2, 0.25) is 5.91 Å². The van der Waals surface area contributed by atoms with E-state index < -0.39 is 0 Å². The highest BCUT2D eigenvalue weighted by molar-refractivity contribution is 7.99. The van der Waals surface area contributed by atoms with Crippen LogP contribution < -0.4 is 10.1 Å². The van der Waals surface area contributed by atoms with E-state index in [0.717, 1.165) is 27.8 Å². The van der Waals surface area contributed by atoms with Crippen molar-refractivity contribution in [3.63, 3.8) is 0 Å². The maximum atomic E-state index is 12.2. The molecule has 134 valence electrons. The summed E-state index contributed by atoms with van der Waals surface area (Å²) in [7, 11) is 0. The van der Waals surface area contributed by atoms with Crippen molar-refractivity contribution < 1.29 is 9.53 Å². The van der Waals surface area contributed by atoms with Crippen LogP contribution >= 0.6 is 11.8 Å². The minimum atomic E-state index is -0.0708. The monoisotopic (exact) mass is 367 g/mol. The third-order valence-electron chi connectivity index (χ3n) is 3.76. The van der Waals surface area contributed by atoms with Crippen LogP contribution in [-0.4, -0.2) is 27.8 Å². The zero-order chi connectivity index (χ0) is 18.4. The van der Waals surface area contributed by atoms with E-state index in [1.165, 1.54) is 11.8 Å². The molecular weight excluding hydrogens is 346 g/mol. The number of aryl methyl sites for hydroxylation is 1. The molecule has 0 atom stereocenters. The molecule has 0 bridgehead atoms. The van der Waals surface area contributed by atoms with Crippen LogP contribution in [0.5, 0.6) is 5.75 Å². The first-order chi connectivity index (χ1) is 12.7. The largest absolute Gasteiger partial charge is 0.494 e. The molecule has 3 aromatic rings. The summed E-state index contributed by atoms with van der Waals surface area (Å²) in [5, 5.41) is 3.68. The van der Waals surface area contributed by atoms with Gasteiger partial charge in [-0.2, -0.15) is 0 Å². The molecule has 0 unspecified atom stereocenters. The fourth-order valence-electron chi connectivity index (χ4n) is 2.54. The first-order valence-electron chi connectivity index (χ1n) is 8.42. The molecule has 0 aliphatic heterocycles. The summed E-state index contributed by atoms with van der Waals surface area (Å²) in [4.78, 5) is 16.6. The van der Waals surface area contributed by atoms with Gasteiger partial charge in [0.05, 0.1) is 18.0 Å². The molecule has 3 rings (SSSR count). The van der Waals surface area contributed by atoms with Crippen molar-refractivity contribution in [3.8, 4) is 11.4 Å². The van der Waals surface area contributed by atoms with Gasteiger partial charge in [-0.15, -0.1) is 0 Å². The standard InChI is InChI=1S/C20H21N3O2S/c1-3-25-17-10-8-16(9-11-17)22-19(24)14-26-20-21-12-13-23(20)18-7-5-4-6-15(18)2/h4-13H,3,14H2,1-2H3,(H,22,24). The number of ether oxygens (including phenoxy) is 1. The van der Waals surface area contributed by atoms with Crippen LogP contribution in [0.1, 0.15) is 12.5 Å². The number of amides is 1. The second-order valence-electron chi connectivity index (χ2n) is 5.66. The fourth-order valence-corrected chi connectivity index (χ4v) is 3.31. The quantitative estimate of drug-likeness (QED) is 0.632. The average Bonchev–Trinajstić information content (AvgIpc) is 3.11. The second kappa shape index (κ2) is 8.58. The highest BCUT2D eigenvalue weighted by Gasteiger charge is 2.10. The lowest BCUT2D eigenvalue weighted by Crippen LogP contribution is -2.14. The Morgan fingerprint density at radius 1 is 1.19 bits per heavy atom. The summed E-state index contributed by atoms with van der Waals surface area (Å²) < 4.78 is 7.40. The normalized spacial score (nSPS) is 10.5. The first-order valence-corrected chi connectivity index (χ1v) is 9.41. The predicted molar refractivity (Wildman–Crippen MR) is 105 cm³/mol. The van der Waals surface area contributed by atoms with Crippen LogP contribution in [0, 0.1) is 6.92 Å². The van der Waals surface area contributed by atoms with Gasteiger partial charge in [0.25, 0.3) is 0 Å². The van der Waals surface area contributed by atoms with Crippen LogP contribution in [0.25, 0.3) is 5.69 Å². The van der Waals surface area contributed by atoms with Crippen molar-refractivity contribution >= 4 is 23.4 Å². The van der Waals surface area contributed by atoms with Gasteiger partial charge in [-0.05, 0) is 49.7 Å². The van der Waals surface area contributed by atoms with Crippen molar-refractivity contribution in [2.24, 2.45) is 0 Å². The molecule has 0 spiro atoms. The number of thioether (sulfide) groups is 1. The Kier molecular flexibility index (Phi) is 5.96. The number of carbonyl (C=O) groups is 1. The van der Waals surface area contributed by atoms with E-state index in [9.17, 15) is 4.79 Å². The van der Waals surface area contributed by atoms with Gasteiger partial charge in [-0.3, -0.25) is 9.36 Å². The van der Waals surface area contributed by atoms with Crippen LogP contribution in [0.15, 0.2) is 66.1 Å². The molecule has 5 nitrogen and oxygen atoms in total. The molecule has 6 heteroatoms. The topological polar surface area (TPSA) is 56.1 Å². The number of hydrogen-bond donors (Lipinski definition) is 1. The number of carbonyl (C=O) groups excluding carboxylic acids is 1. The SMILES string of the molecule is CCOc1ccc(NC(=O)CSc2nccn2-c2ccccc2C)cc1. The third-order valence-corrected chi connectivity index (χ3v) is 4.73. The molecule has 0 saturated carbocycles. The number of hydrogen-bond acceptors (Lipinski definition) is 4. The third kappa shape index (κ3) is 4.46. The Labute approximate surface area is 157 Å². The zero-order valence-corrected chi connectivity index (χ0v) is 15.6. The number of imidazole rings is 1. The summed E-state index contributed by atoms with van der Waals surface area (Å²) >= 11 is 1.41. The molecule has 1 heterocycles. The predicted octanol–water partition coefficient (Wildman–Crippen LogP) is 4.31. The molecule has 1 N–H and O–H groups in total. The van der Waals surface area contributed by atoms with Crippen molar-refractivity contribution in [1.82, 2.24) is 9.55 Å². The minimum absolute atomic E-state index is 0.0708. The fraction of sp³-hybridized carbons (Fsp3) is 0.200. The molecule has 0 radical (unpaired) electrons. The number of nitrogens with zero attached hydrogens (tertiary/aromatic N) is 2. The summed E-state index contributed by atoms with van der Waals surface area (Å²) in [5.41, 5.74) is 2.98. The van der Waals surface area contributed by atoms with Gasteiger partial charge in [0.15, 0.2) is 5.16 Å². The van der Waals surface area contributed by atoms with E-state index >= 15 is 0 Å². The maximum absolute atomic E-state index is 12.2. The smallest absolute Gasteiger partial charge is 0.234 e. The van der Waals surface area contributed by atoms with E-state index in [1.807, 2.05) is 60.2 Å². The molecule has 0 saturated heterocycles. The lowest BCUT2D eigenvalue weighted by Gasteiger charge is -2.10. The molecular formula is C20H21N3O2S. The van der Waals surface area contributed by atoms with E-state index in [1.54, 1.807) is 6.20 Å². The zero-order valence-electron chi connectivity index (χ0n) is 14.8. The van der Waals surface area contributed by atoms with Crippen molar-refractivity contribution in [2.75, 3.05) is 17.7 Å². The number of para-hydroxylation sites is 1. The van der Waals surface area contributed by atoms with E-state index in [-0.39, 0.29) is 11.7 Å². The van der Waals surface area contributed by atoms with Crippen molar-refractivity contribution in [1.29, 1.82) is 0 Å². The van der Waals surface area contributed by atoms with Crippen LogP contribution in [0.2, 0.25) is 0 Å². The Hall–Kier alpha value is -2.73. The summed E-state index contributed by atoms with van der Waals surface area (Å²) in [6.45, 7) is 4.62. The summed E-state index contributed by atoms with van der Waals surface area (Å²) in [6.07, 6.45) is 3.66. The Morgan fingerprint density at radius 2 is 1.96 bits per heavy atom. The van der Waals surface area contributed by atoms with Crippen LogP contribution in [0.4, 0.5) is 5.69 Å². The van der Waals surface area contributed by atoms with Gasteiger partial charge < -0.3 is 10.1 Å². The highest BCUT2D eigenvalue weighted by atomic mass is 32.2. The molecule has 2 aromatic carbocycles. The van der Waals surface area contributed by atoms with Gasteiger partial charge in [-0.25, -0.2) is 4.98 Å². The average molecular weight is 367 g/mol. The number of anilines is 1. The first kappa shape index (κ1) is 18.1. The number of rotatable bonds is 7. The minimum Gasteiger partial charge on any atom is -0.494 e. The van der Waals surface area contributed by atoms with Crippen LogP contribution in [0.3, 0.4) is 0 Å². The highest BCUT2D eigenvalue weighted by Crippen LogP contribution is 2.23. The summed E-state index contributed by atoms with van der Waals surface area (Å²) in [6, 6.07) is 15.5. The molecule has 1 aromatic heterocycles. The molecule has 0 fully saturated rings. The molecule has 0 aliphatic carbocycles. The van der Waals surface area contributed by atoms with E-state index in [0.29, 0.717) is 6.61 Å². The Morgan fingerprint density at radius 3 is 2.69 bits per heavy atom. The van der Waals surface area contributed by atoms with E-state index in [2.05, 4.69) is 23.3 Å². The maximum Gasteiger partial charge on any atom is 0.234 e. The van der Waals surface area contributed by atoms with Gasteiger partial charge >= 0.3 is 0 Å².